The summed E-state index contributed by atoms with van der Waals surface area (Å²) < 4.78 is 5.58. The number of rotatable bonds is 4. The van der Waals surface area contributed by atoms with E-state index in [9.17, 15) is 4.79 Å². The number of benzene rings is 1. The van der Waals surface area contributed by atoms with Crippen LogP contribution in [0, 0.1) is 5.92 Å². The molecule has 92 valence electrons. The molecule has 1 heterocycles. The molecule has 1 aliphatic heterocycles. The topological polar surface area (TPSA) is 64.3 Å². The van der Waals surface area contributed by atoms with E-state index in [0.29, 0.717) is 19.7 Å². The van der Waals surface area contributed by atoms with Crippen LogP contribution in [0.3, 0.4) is 0 Å². The summed E-state index contributed by atoms with van der Waals surface area (Å²) in [5.41, 5.74) is 6.49. The van der Waals surface area contributed by atoms with E-state index < -0.39 is 0 Å². The van der Waals surface area contributed by atoms with E-state index in [1.807, 2.05) is 24.3 Å². The van der Waals surface area contributed by atoms with Gasteiger partial charge in [-0.3, -0.25) is 4.79 Å². The second kappa shape index (κ2) is 5.68. The number of hydrogen-bond acceptors (Lipinski definition) is 3. The molecule has 0 aromatic heterocycles. The number of carbonyl (C=O) groups is 1. The fraction of sp³-hybridized carbons (Fsp3) is 0.462. The molecule has 17 heavy (non-hydrogen) atoms. The van der Waals surface area contributed by atoms with Crippen LogP contribution in [-0.4, -0.2) is 25.6 Å². The van der Waals surface area contributed by atoms with Crippen molar-refractivity contribution >= 4 is 5.91 Å². The second-order valence-electron chi connectivity index (χ2n) is 4.25. The molecule has 0 spiro atoms. The van der Waals surface area contributed by atoms with Crippen LogP contribution in [-0.2, 0) is 11.2 Å². The first-order valence-electron chi connectivity index (χ1n) is 5.99. The van der Waals surface area contributed by atoms with Crippen LogP contribution >= 0.6 is 0 Å². The molecule has 1 aliphatic rings. The average molecular weight is 234 g/mol. The van der Waals surface area contributed by atoms with Crippen LogP contribution < -0.4 is 15.8 Å². The molecule has 0 saturated carbocycles. The van der Waals surface area contributed by atoms with Crippen LogP contribution in [0.4, 0.5) is 0 Å². The minimum absolute atomic E-state index is 0.0629. The number of ether oxygens (including phenoxy) is 1. The third-order valence-corrected chi connectivity index (χ3v) is 2.93. The van der Waals surface area contributed by atoms with Crippen LogP contribution in [0.5, 0.6) is 5.75 Å². The third kappa shape index (κ3) is 2.97. The molecule has 1 atom stereocenters. The molecule has 1 amide bonds. The van der Waals surface area contributed by atoms with Crippen molar-refractivity contribution in [3.05, 3.63) is 29.8 Å². The Morgan fingerprint density at radius 1 is 1.47 bits per heavy atom. The first-order chi connectivity index (χ1) is 8.31. The Hall–Kier alpha value is -1.55. The molecule has 0 saturated heterocycles. The molecule has 0 bridgehead atoms. The summed E-state index contributed by atoms with van der Waals surface area (Å²) in [4.78, 5) is 11.9. The standard InChI is InChI=1S/C13H18N2O2/c14-6-3-7-15-13(16)11-8-10-4-1-2-5-12(10)17-9-11/h1-2,4-5,11H,3,6-9,14H2,(H,15,16). The molecular weight excluding hydrogens is 216 g/mol. The highest BCUT2D eigenvalue weighted by Gasteiger charge is 2.25. The maximum absolute atomic E-state index is 11.9. The van der Waals surface area contributed by atoms with Gasteiger partial charge in [-0.05, 0) is 31.0 Å². The quantitative estimate of drug-likeness (QED) is 0.754. The van der Waals surface area contributed by atoms with Gasteiger partial charge in [-0.15, -0.1) is 0 Å². The molecular formula is C13H18N2O2. The van der Waals surface area contributed by atoms with Crippen molar-refractivity contribution in [2.75, 3.05) is 19.7 Å². The zero-order valence-electron chi connectivity index (χ0n) is 9.82. The van der Waals surface area contributed by atoms with Gasteiger partial charge in [0.1, 0.15) is 12.4 Å². The van der Waals surface area contributed by atoms with Crippen molar-refractivity contribution in [1.82, 2.24) is 5.32 Å². The predicted octanol–water partition coefficient (Wildman–Crippen LogP) is 0.703. The van der Waals surface area contributed by atoms with Gasteiger partial charge in [-0.25, -0.2) is 0 Å². The van der Waals surface area contributed by atoms with E-state index in [4.69, 9.17) is 10.5 Å². The number of hydrogen-bond donors (Lipinski definition) is 2. The van der Waals surface area contributed by atoms with Crippen molar-refractivity contribution in [2.24, 2.45) is 11.7 Å². The lowest BCUT2D eigenvalue weighted by Crippen LogP contribution is -2.38. The Kier molecular flexibility index (Phi) is 3.98. The Morgan fingerprint density at radius 3 is 3.12 bits per heavy atom. The molecule has 1 aromatic rings. The van der Waals surface area contributed by atoms with Crippen LogP contribution in [0.15, 0.2) is 24.3 Å². The van der Waals surface area contributed by atoms with E-state index in [1.165, 1.54) is 0 Å². The lowest BCUT2D eigenvalue weighted by Gasteiger charge is -2.24. The predicted molar refractivity (Wildman–Crippen MR) is 65.8 cm³/mol. The molecule has 1 aromatic carbocycles. The van der Waals surface area contributed by atoms with Crippen LogP contribution in [0.2, 0.25) is 0 Å². The van der Waals surface area contributed by atoms with Gasteiger partial charge in [0.2, 0.25) is 5.91 Å². The maximum Gasteiger partial charge on any atom is 0.226 e. The Morgan fingerprint density at radius 2 is 2.29 bits per heavy atom. The summed E-state index contributed by atoms with van der Waals surface area (Å²) in [6.45, 7) is 1.71. The number of fused-ring (bicyclic) bond motifs is 1. The van der Waals surface area contributed by atoms with E-state index in [1.54, 1.807) is 0 Å². The van der Waals surface area contributed by atoms with Crippen molar-refractivity contribution < 1.29 is 9.53 Å². The normalized spacial score (nSPS) is 18.1. The van der Waals surface area contributed by atoms with Crippen molar-refractivity contribution in [3.63, 3.8) is 0 Å². The van der Waals surface area contributed by atoms with Crippen LogP contribution in [0.25, 0.3) is 0 Å². The number of nitrogens with one attached hydrogen (secondary N) is 1. The van der Waals surface area contributed by atoms with Crippen LogP contribution in [0.1, 0.15) is 12.0 Å². The number of nitrogens with two attached hydrogens (primary N) is 1. The summed E-state index contributed by atoms with van der Waals surface area (Å²) in [5, 5.41) is 2.89. The zero-order valence-corrected chi connectivity index (χ0v) is 9.82. The summed E-state index contributed by atoms with van der Waals surface area (Å²) >= 11 is 0. The van der Waals surface area contributed by atoms with E-state index >= 15 is 0 Å². The fourth-order valence-electron chi connectivity index (χ4n) is 1.95. The minimum Gasteiger partial charge on any atom is -0.492 e. The van der Waals surface area contributed by atoms with Gasteiger partial charge in [-0.1, -0.05) is 18.2 Å². The fourth-order valence-corrected chi connectivity index (χ4v) is 1.95. The molecule has 4 nitrogen and oxygen atoms in total. The highest BCUT2D eigenvalue weighted by atomic mass is 16.5. The highest BCUT2D eigenvalue weighted by molar-refractivity contribution is 5.79. The van der Waals surface area contributed by atoms with Gasteiger partial charge in [0, 0.05) is 6.54 Å². The monoisotopic (exact) mass is 234 g/mol. The van der Waals surface area contributed by atoms with Gasteiger partial charge in [0.05, 0.1) is 5.92 Å². The van der Waals surface area contributed by atoms with Crippen molar-refractivity contribution in [3.8, 4) is 5.75 Å². The smallest absolute Gasteiger partial charge is 0.226 e. The summed E-state index contributed by atoms with van der Waals surface area (Å²) in [5.74, 6) is 0.883. The van der Waals surface area contributed by atoms with Gasteiger partial charge in [-0.2, -0.15) is 0 Å². The first-order valence-corrected chi connectivity index (χ1v) is 5.99. The third-order valence-electron chi connectivity index (χ3n) is 2.93. The maximum atomic E-state index is 11.9. The average Bonchev–Trinajstić information content (AvgIpc) is 2.38. The largest absolute Gasteiger partial charge is 0.492 e. The first kappa shape index (κ1) is 11.9. The van der Waals surface area contributed by atoms with E-state index in [-0.39, 0.29) is 11.8 Å². The Labute approximate surface area is 101 Å². The van der Waals surface area contributed by atoms with E-state index in [0.717, 1.165) is 24.2 Å². The highest BCUT2D eigenvalue weighted by Crippen LogP contribution is 2.26. The number of para-hydroxylation sites is 1. The Balaban J connectivity index is 1.91. The molecule has 0 radical (unpaired) electrons. The van der Waals surface area contributed by atoms with Crippen molar-refractivity contribution in [1.29, 1.82) is 0 Å². The molecule has 3 N–H and O–H groups in total. The summed E-state index contributed by atoms with van der Waals surface area (Å²) in [6, 6.07) is 7.86. The molecule has 4 heteroatoms. The minimum atomic E-state index is -0.0809. The zero-order chi connectivity index (χ0) is 12.1. The molecule has 0 fully saturated rings. The number of carbonyl (C=O) groups excluding carboxylic acids is 1. The molecule has 0 aliphatic carbocycles. The van der Waals surface area contributed by atoms with Crippen molar-refractivity contribution in [2.45, 2.75) is 12.8 Å². The Bertz CT molecular complexity index is 393. The second-order valence-corrected chi connectivity index (χ2v) is 4.25. The summed E-state index contributed by atoms with van der Waals surface area (Å²) in [7, 11) is 0. The summed E-state index contributed by atoms with van der Waals surface area (Å²) in [6.07, 6.45) is 1.57. The van der Waals surface area contributed by atoms with Gasteiger partial charge >= 0.3 is 0 Å². The molecule has 1 unspecified atom stereocenters. The SMILES string of the molecule is NCCCNC(=O)C1COc2ccccc2C1. The van der Waals surface area contributed by atoms with E-state index in [2.05, 4.69) is 5.32 Å². The van der Waals surface area contributed by atoms with Gasteiger partial charge in [0.15, 0.2) is 0 Å². The lowest BCUT2D eigenvalue weighted by atomic mass is 9.96. The number of amides is 1. The lowest BCUT2D eigenvalue weighted by molar-refractivity contribution is -0.126. The van der Waals surface area contributed by atoms with Gasteiger partial charge in [0.25, 0.3) is 0 Å². The molecule has 2 rings (SSSR count). The van der Waals surface area contributed by atoms with Gasteiger partial charge < -0.3 is 15.8 Å².